The van der Waals surface area contributed by atoms with Crippen LogP contribution in [0, 0.1) is 17.0 Å². The van der Waals surface area contributed by atoms with Crippen molar-refractivity contribution in [3.63, 3.8) is 0 Å². The number of fused-ring (bicyclic) bond motifs is 1. The van der Waals surface area contributed by atoms with Crippen molar-refractivity contribution in [2.24, 2.45) is 0 Å². The van der Waals surface area contributed by atoms with E-state index in [-0.39, 0.29) is 31.7 Å². The lowest BCUT2D eigenvalue weighted by atomic mass is 10.2. The van der Waals surface area contributed by atoms with Crippen LogP contribution in [-0.4, -0.2) is 22.3 Å². The fourth-order valence-corrected chi connectivity index (χ4v) is 4.27. The van der Waals surface area contributed by atoms with Gasteiger partial charge in [0, 0.05) is 12.1 Å². The van der Waals surface area contributed by atoms with Gasteiger partial charge in [0.05, 0.1) is 30.9 Å². The van der Waals surface area contributed by atoms with Crippen LogP contribution in [0.5, 0.6) is 0 Å². The number of nitrogens with zero attached hydrogens (tertiary/aromatic N) is 3. The van der Waals surface area contributed by atoms with E-state index in [1.807, 2.05) is 0 Å². The number of rotatable bonds is 3. The molecule has 0 aliphatic rings. The minimum Gasteiger partial charge on any atom is -0.258 e. The van der Waals surface area contributed by atoms with Gasteiger partial charge in [-0.1, -0.05) is 23.2 Å². The highest BCUT2D eigenvalue weighted by atomic mass is 35.5. The summed E-state index contributed by atoms with van der Waals surface area (Å²) in [4.78, 5) is 14.2. The molecule has 7 nitrogen and oxygen atoms in total. The molecule has 0 saturated carbocycles. The Hall–Kier alpha value is -2.16. The second-order valence-corrected chi connectivity index (χ2v) is 7.61. The molecule has 1 heterocycles. The van der Waals surface area contributed by atoms with E-state index in [1.54, 1.807) is 6.92 Å². The van der Waals surface area contributed by atoms with Gasteiger partial charge in [-0.2, -0.15) is 0 Å². The molecule has 0 N–H and O–H groups in total. The third kappa shape index (κ3) is 2.62. The number of hydrogen-bond acceptors (Lipinski definition) is 5. The van der Waals surface area contributed by atoms with Crippen LogP contribution in [-0.2, 0) is 10.0 Å². The summed E-state index contributed by atoms with van der Waals surface area (Å²) in [6.07, 6.45) is 1.10. The molecular weight excluding hydrogens is 377 g/mol. The second kappa shape index (κ2) is 5.73. The number of aromatic nitrogens is 2. The lowest BCUT2D eigenvalue weighted by Crippen LogP contribution is -2.13. The van der Waals surface area contributed by atoms with Crippen molar-refractivity contribution >= 4 is 49.9 Å². The van der Waals surface area contributed by atoms with E-state index < -0.39 is 14.9 Å². The van der Waals surface area contributed by atoms with Gasteiger partial charge in [0.25, 0.3) is 15.7 Å². The van der Waals surface area contributed by atoms with Gasteiger partial charge in [0.1, 0.15) is 6.33 Å². The van der Waals surface area contributed by atoms with Crippen molar-refractivity contribution in [2.45, 2.75) is 11.8 Å². The molecule has 3 aromatic rings. The van der Waals surface area contributed by atoms with Gasteiger partial charge in [-0.3, -0.25) is 10.1 Å². The first-order chi connectivity index (χ1) is 11.2. The van der Waals surface area contributed by atoms with Crippen molar-refractivity contribution in [3.05, 3.63) is 62.4 Å². The fraction of sp³-hybridized carbons (Fsp3) is 0.0714. The molecule has 0 fully saturated rings. The molecule has 2 aromatic carbocycles. The maximum atomic E-state index is 12.9. The van der Waals surface area contributed by atoms with Gasteiger partial charge in [-0.15, -0.1) is 0 Å². The lowest BCUT2D eigenvalue weighted by Gasteiger charge is -2.10. The maximum Gasteiger partial charge on any atom is 0.271 e. The quantitative estimate of drug-likeness (QED) is 0.504. The zero-order chi connectivity index (χ0) is 17.6. The predicted octanol–water partition coefficient (Wildman–Crippen LogP) is 3.80. The molecule has 124 valence electrons. The van der Waals surface area contributed by atoms with E-state index >= 15 is 0 Å². The summed E-state index contributed by atoms with van der Waals surface area (Å²) in [5, 5.41) is 11.2. The first kappa shape index (κ1) is 16.7. The SMILES string of the molecule is Cc1cc(Cl)c(Cl)cc1S(=O)(=O)n1cnc2cc([N+](=O)[O-])ccc21. The predicted molar refractivity (Wildman–Crippen MR) is 90.2 cm³/mol. The van der Waals surface area contributed by atoms with Crippen LogP contribution in [0.25, 0.3) is 11.0 Å². The molecule has 10 heteroatoms. The Kier molecular flexibility index (Phi) is 3.98. The Labute approximate surface area is 146 Å². The highest BCUT2D eigenvalue weighted by Gasteiger charge is 2.23. The minimum absolute atomic E-state index is 0.0189. The summed E-state index contributed by atoms with van der Waals surface area (Å²) in [6.45, 7) is 1.60. The third-order valence-corrected chi connectivity index (χ3v) is 5.99. The van der Waals surface area contributed by atoms with Crippen LogP contribution in [0.15, 0.2) is 41.6 Å². The van der Waals surface area contributed by atoms with Crippen molar-refractivity contribution in [3.8, 4) is 0 Å². The van der Waals surface area contributed by atoms with Crippen molar-refractivity contribution in [1.29, 1.82) is 0 Å². The monoisotopic (exact) mass is 385 g/mol. The van der Waals surface area contributed by atoms with Gasteiger partial charge < -0.3 is 0 Å². The average Bonchev–Trinajstić information content (AvgIpc) is 2.94. The van der Waals surface area contributed by atoms with Crippen molar-refractivity contribution in [1.82, 2.24) is 8.96 Å². The normalized spacial score (nSPS) is 11.8. The van der Waals surface area contributed by atoms with Gasteiger partial charge >= 0.3 is 0 Å². The number of benzene rings is 2. The van der Waals surface area contributed by atoms with Crippen molar-refractivity contribution < 1.29 is 13.3 Å². The molecule has 0 aliphatic heterocycles. The molecule has 3 rings (SSSR count). The Bertz CT molecular complexity index is 1090. The highest BCUT2D eigenvalue weighted by Crippen LogP contribution is 2.31. The number of imidazole rings is 1. The molecule has 0 amide bonds. The molecule has 0 radical (unpaired) electrons. The molecule has 0 aliphatic carbocycles. The molecule has 1 aromatic heterocycles. The lowest BCUT2D eigenvalue weighted by molar-refractivity contribution is -0.384. The standard InChI is InChI=1S/C14H9Cl2N3O4S/c1-8-4-10(15)11(16)6-14(8)24(22,23)18-7-17-12-5-9(19(20)21)2-3-13(12)18/h2-7H,1H3. The number of aryl methyl sites for hydroxylation is 1. The Balaban J connectivity index is 2.23. The zero-order valence-electron chi connectivity index (χ0n) is 12.1. The zero-order valence-corrected chi connectivity index (χ0v) is 14.4. The minimum atomic E-state index is -3.98. The first-order valence-corrected chi connectivity index (χ1v) is 8.74. The van der Waals surface area contributed by atoms with Crippen LogP contribution in [0.2, 0.25) is 10.0 Å². The average molecular weight is 386 g/mol. The molecule has 0 atom stereocenters. The van der Waals surface area contributed by atoms with Crippen molar-refractivity contribution in [2.75, 3.05) is 0 Å². The number of halogens is 2. The van der Waals surface area contributed by atoms with E-state index in [9.17, 15) is 18.5 Å². The van der Waals surface area contributed by atoms with Crippen LogP contribution >= 0.6 is 23.2 Å². The topological polar surface area (TPSA) is 95.1 Å². The van der Waals surface area contributed by atoms with Crippen LogP contribution in [0.1, 0.15) is 5.56 Å². The number of non-ortho nitro benzene ring substituents is 1. The summed E-state index contributed by atoms with van der Waals surface area (Å²) in [5.41, 5.74) is 0.681. The van der Waals surface area contributed by atoms with E-state index in [0.29, 0.717) is 5.56 Å². The molecule has 0 spiro atoms. The summed E-state index contributed by atoms with van der Waals surface area (Å²) >= 11 is 11.8. The Morgan fingerprint density at radius 2 is 1.83 bits per heavy atom. The maximum absolute atomic E-state index is 12.9. The van der Waals surface area contributed by atoms with Gasteiger partial charge in [-0.05, 0) is 30.7 Å². The smallest absolute Gasteiger partial charge is 0.258 e. The number of nitro benzene ring substituents is 1. The summed E-state index contributed by atoms with van der Waals surface area (Å²) in [5.74, 6) is 0. The molecule has 0 unspecified atom stereocenters. The van der Waals surface area contributed by atoms with Gasteiger partial charge in [-0.25, -0.2) is 17.4 Å². The Morgan fingerprint density at radius 3 is 2.50 bits per heavy atom. The van der Waals surface area contributed by atoms with Gasteiger partial charge in [0.15, 0.2) is 0 Å². The summed E-state index contributed by atoms with van der Waals surface area (Å²) < 4.78 is 26.8. The molecule has 0 saturated heterocycles. The van der Waals surface area contributed by atoms with E-state index in [2.05, 4.69) is 4.98 Å². The van der Waals surface area contributed by atoms with Crippen LogP contribution in [0.4, 0.5) is 5.69 Å². The third-order valence-electron chi connectivity index (χ3n) is 3.46. The largest absolute Gasteiger partial charge is 0.271 e. The molecular formula is C14H9Cl2N3O4S. The molecule has 24 heavy (non-hydrogen) atoms. The number of hydrogen-bond donors (Lipinski definition) is 0. The van der Waals surface area contributed by atoms with Crippen LogP contribution < -0.4 is 0 Å². The summed E-state index contributed by atoms with van der Waals surface area (Å²) in [7, 11) is -3.98. The van der Waals surface area contributed by atoms with E-state index in [0.717, 1.165) is 10.3 Å². The summed E-state index contributed by atoms with van der Waals surface area (Å²) in [6, 6.07) is 6.50. The highest BCUT2D eigenvalue weighted by molar-refractivity contribution is 7.90. The first-order valence-electron chi connectivity index (χ1n) is 6.54. The number of nitro groups is 1. The molecule has 0 bridgehead atoms. The van der Waals surface area contributed by atoms with E-state index in [4.69, 9.17) is 23.2 Å². The fourth-order valence-electron chi connectivity index (χ4n) is 2.30. The van der Waals surface area contributed by atoms with Gasteiger partial charge in [0.2, 0.25) is 0 Å². The van der Waals surface area contributed by atoms with Crippen LogP contribution in [0.3, 0.4) is 0 Å². The van der Waals surface area contributed by atoms with E-state index in [1.165, 1.54) is 30.3 Å². The second-order valence-electron chi connectivity index (χ2n) is 5.01. The Morgan fingerprint density at radius 1 is 1.17 bits per heavy atom.